The van der Waals surface area contributed by atoms with Gasteiger partial charge in [0.1, 0.15) is 12.4 Å². The molecule has 0 heterocycles. The number of nitrogens with one attached hydrogen (secondary N) is 1. The van der Waals surface area contributed by atoms with Crippen LogP contribution >= 0.6 is 31.9 Å². The summed E-state index contributed by atoms with van der Waals surface area (Å²) >= 11 is 6.83. The van der Waals surface area contributed by atoms with E-state index in [1.165, 1.54) is 6.21 Å². The second-order valence-electron chi connectivity index (χ2n) is 4.34. The summed E-state index contributed by atoms with van der Waals surface area (Å²) in [4.78, 5) is 10.6. The SMILES string of the molecule is NC(=O)N/N=C\c1cc(OCc2cccc(Br)c2)ccc1Br. The first-order valence-corrected chi connectivity index (χ1v) is 7.88. The third-order valence-corrected chi connectivity index (χ3v) is 3.86. The van der Waals surface area contributed by atoms with Crippen molar-refractivity contribution in [3.8, 4) is 5.75 Å². The molecule has 0 aromatic heterocycles. The highest BCUT2D eigenvalue weighted by molar-refractivity contribution is 9.10. The number of nitrogens with two attached hydrogens (primary N) is 1. The summed E-state index contributed by atoms with van der Waals surface area (Å²) in [5, 5.41) is 3.73. The van der Waals surface area contributed by atoms with Gasteiger partial charge in [0.05, 0.1) is 6.21 Å². The lowest BCUT2D eigenvalue weighted by Gasteiger charge is -2.08. The summed E-state index contributed by atoms with van der Waals surface area (Å²) < 4.78 is 7.59. The van der Waals surface area contributed by atoms with Crippen molar-refractivity contribution in [2.45, 2.75) is 6.61 Å². The summed E-state index contributed by atoms with van der Waals surface area (Å²) in [7, 11) is 0. The van der Waals surface area contributed by atoms with Crippen molar-refractivity contribution >= 4 is 44.1 Å². The predicted octanol–water partition coefficient (Wildman–Crippen LogP) is 3.79. The first-order chi connectivity index (χ1) is 10.5. The van der Waals surface area contributed by atoms with Crippen molar-refractivity contribution < 1.29 is 9.53 Å². The topological polar surface area (TPSA) is 76.7 Å². The van der Waals surface area contributed by atoms with E-state index in [4.69, 9.17) is 10.5 Å². The van der Waals surface area contributed by atoms with E-state index in [-0.39, 0.29) is 0 Å². The number of carbonyl (C=O) groups excluding carboxylic acids is 1. The number of benzene rings is 2. The summed E-state index contributed by atoms with van der Waals surface area (Å²) in [6, 6.07) is 12.7. The molecule has 0 aliphatic rings. The van der Waals surface area contributed by atoms with Crippen molar-refractivity contribution in [1.29, 1.82) is 0 Å². The van der Waals surface area contributed by atoms with Crippen molar-refractivity contribution in [2.75, 3.05) is 0 Å². The van der Waals surface area contributed by atoms with E-state index in [1.54, 1.807) is 0 Å². The molecule has 0 saturated carbocycles. The van der Waals surface area contributed by atoms with Gasteiger partial charge in [-0.05, 0) is 35.9 Å². The molecule has 5 nitrogen and oxygen atoms in total. The van der Waals surface area contributed by atoms with Gasteiger partial charge in [0, 0.05) is 14.5 Å². The number of nitrogens with zero attached hydrogens (tertiary/aromatic N) is 1. The number of halogens is 2. The molecule has 0 atom stereocenters. The van der Waals surface area contributed by atoms with Gasteiger partial charge in [0.2, 0.25) is 0 Å². The molecule has 3 N–H and O–H groups in total. The third-order valence-electron chi connectivity index (χ3n) is 2.64. The Kier molecular flexibility index (Phi) is 5.97. The van der Waals surface area contributed by atoms with E-state index in [2.05, 4.69) is 42.4 Å². The number of carbonyl (C=O) groups is 1. The van der Waals surface area contributed by atoms with Gasteiger partial charge >= 0.3 is 6.03 Å². The molecule has 2 rings (SSSR count). The normalized spacial score (nSPS) is 10.6. The molecule has 2 amide bonds. The second kappa shape index (κ2) is 7.95. The van der Waals surface area contributed by atoms with Crippen LogP contribution in [0.4, 0.5) is 4.79 Å². The number of urea groups is 1. The maximum atomic E-state index is 10.6. The molecular formula is C15H13Br2N3O2. The van der Waals surface area contributed by atoms with Crippen molar-refractivity contribution in [3.05, 3.63) is 62.5 Å². The highest BCUT2D eigenvalue weighted by Gasteiger charge is 2.02. The number of primary amides is 1. The predicted molar refractivity (Wildman–Crippen MR) is 92.9 cm³/mol. The fourth-order valence-corrected chi connectivity index (χ4v) is 2.47. The highest BCUT2D eigenvalue weighted by Crippen LogP contribution is 2.22. The van der Waals surface area contributed by atoms with E-state index >= 15 is 0 Å². The molecule has 114 valence electrons. The van der Waals surface area contributed by atoms with Gasteiger partial charge in [-0.15, -0.1) is 0 Å². The largest absolute Gasteiger partial charge is 0.489 e. The molecule has 0 spiro atoms. The third kappa shape index (κ3) is 5.16. The van der Waals surface area contributed by atoms with Crippen LogP contribution in [0, 0.1) is 0 Å². The summed E-state index contributed by atoms with van der Waals surface area (Å²) in [5.41, 5.74) is 8.91. The van der Waals surface area contributed by atoms with Crippen molar-refractivity contribution in [3.63, 3.8) is 0 Å². The van der Waals surface area contributed by atoms with E-state index < -0.39 is 6.03 Å². The summed E-state index contributed by atoms with van der Waals surface area (Å²) in [6.45, 7) is 0.456. The quantitative estimate of drug-likeness (QED) is 0.563. The molecule has 0 fully saturated rings. The van der Waals surface area contributed by atoms with Crippen molar-refractivity contribution in [2.24, 2.45) is 10.8 Å². The smallest absolute Gasteiger partial charge is 0.332 e. The zero-order valence-electron chi connectivity index (χ0n) is 11.4. The van der Waals surface area contributed by atoms with E-state index in [9.17, 15) is 4.79 Å². The molecule has 0 aliphatic carbocycles. The minimum atomic E-state index is -0.713. The Morgan fingerprint density at radius 2 is 2.09 bits per heavy atom. The molecule has 0 saturated heterocycles. The van der Waals surface area contributed by atoms with Crippen LogP contribution in [-0.4, -0.2) is 12.2 Å². The zero-order chi connectivity index (χ0) is 15.9. The maximum Gasteiger partial charge on any atom is 0.332 e. The van der Waals surface area contributed by atoms with E-state index in [0.717, 1.165) is 20.1 Å². The second-order valence-corrected chi connectivity index (χ2v) is 6.11. The number of rotatable bonds is 5. The number of hydrogen-bond donors (Lipinski definition) is 2. The van der Waals surface area contributed by atoms with Gasteiger partial charge in [0.15, 0.2) is 0 Å². The van der Waals surface area contributed by atoms with E-state index in [1.807, 2.05) is 42.5 Å². The van der Waals surface area contributed by atoms with Crippen LogP contribution < -0.4 is 15.9 Å². The molecular weight excluding hydrogens is 414 g/mol. The Hall–Kier alpha value is -1.86. The minimum Gasteiger partial charge on any atom is -0.489 e. The lowest BCUT2D eigenvalue weighted by Crippen LogP contribution is -2.24. The van der Waals surface area contributed by atoms with Crippen LogP contribution in [0.2, 0.25) is 0 Å². The number of amides is 2. The minimum absolute atomic E-state index is 0.456. The average Bonchev–Trinajstić information content (AvgIpc) is 2.47. The first kappa shape index (κ1) is 16.5. The Morgan fingerprint density at radius 1 is 1.27 bits per heavy atom. The number of hydrogen-bond acceptors (Lipinski definition) is 3. The average molecular weight is 427 g/mol. The molecule has 0 unspecified atom stereocenters. The monoisotopic (exact) mass is 425 g/mol. The van der Waals surface area contributed by atoms with Crippen LogP contribution in [-0.2, 0) is 6.61 Å². The summed E-state index contributed by atoms with van der Waals surface area (Å²) in [5.74, 6) is 0.698. The van der Waals surface area contributed by atoms with Crippen LogP contribution in [0.3, 0.4) is 0 Å². The molecule has 0 aliphatic heterocycles. The van der Waals surface area contributed by atoms with Crippen LogP contribution in [0.1, 0.15) is 11.1 Å². The van der Waals surface area contributed by atoms with Gasteiger partial charge < -0.3 is 10.5 Å². The lowest BCUT2D eigenvalue weighted by atomic mass is 10.2. The van der Waals surface area contributed by atoms with E-state index in [0.29, 0.717) is 12.4 Å². The van der Waals surface area contributed by atoms with Gasteiger partial charge in [-0.1, -0.05) is 44.0 Å². The molecule has 22 heavy (non-hydrogen) atoms. The van der Waals surface area contributed by atoms with Gasteiger partial charge in [-0.3, -0.25) is 0 Å². The maximum absolute atomic E-state index is 10.6. The molecule has 7 heteroatoms. The van der Waals surface area contributed by atoms with Crippen LogP contribution in [0.5, 0.6) is 5.75 Å². The van der Waals surface area contributed by atoms with Crippen LogP contribution in [0.25, 0.3) is 0 Å². The molecule has 0 bridgehead atoms. The van der Waals surface area contributed by atoms with Gasteiger partial charge in [-0.25, -0.2) is 10.2 Å². The zero-order valence-corrected chi connectivity index (χ0v) is 14.6. The molecule has 2 aromatic rings. The number of ether oxygens (including phenoxy) is 1. The highest BCUT2D eigenvalue weighted by atomic mass is 79.9. The Bertz CT molecular complexity index is 705. The summed E-state index contributed by atoms with van der Waals surface area (Å²) in [6.07, 6.45) is 1.49. The lowest BCUT2D eigenvalue weighted by molar-refractivity contribution is 0.249. The Balaban J connectivity index is 2.05. The molecule has 2 aromatic carbocycles. The molecule has 0 radical (unpaired) electrons. The Morgan fingerprint density at radius 3 is 2.82 bits per heavy atom. The fraction of sp³-hybridized carbons (Fsp3) is 0.0667. The number of hydrazone groups is 1. The Labute approximate surface area is 144 Å². The van der Waals surface area contributed by atoms with Gasteiger partial charge in [0.25, 0.3) is 0 Å². The van der Waals surface area contributed by atoms with Crippen LogP contribution in [0.15, 0.2) is 56.5 Å². The standard InChI is InChI=1S/C15H13Br2N3O2/c16-12-3-1-2-10(6-12)9-22-13-4-5-14(17)11(7-13)8-19-20-15(18)21/h1-8H,9H2,(H3,18,20,21)/b19-8-. The van der Waals surface area contributed by atoms with Crippen molar-refractivity contribution in [1.82, 2.24) is 5.43 Å². The first-order valence-electron chi connectivity index (χ1n) is 6.30. The fourth-order valence-electron chi connectivity index (χ4n) is 1.67. The van der Waals surface area contributed by atoms with Gasteiger partial charge in [-0.2, -0.15) is 5.10 Å².